The zero-order valence-electron chi connectivity index (χ0n) is 15.7. The maximum atomic E-state index is 12.8. The van der Waals surface area contributed by atoms with Gasteiger partial charge in [-0.3, -0.25) is 4.79 Å². The minimum atomic E-state index is -0.554. The van der Waals surface area contributed by atoms with Crippen molar-refractivity contribution in [3.05, 3.63) is 77.6 Å². The second-order valence-electron chi connectivity index (χ2n) is 6.45. The Bertz CT molecular complexity index is 1140. The fourth-order valence-corrected chi connectivity index (χ4v) is 3.62. The quantitative estimate of drug-likeness (QED) is 0.445. The van der Waals surface area contributed by atoms with E-state index >= 15 is 0 Å². The molecule has 0 unspecified atom stereocenters. The van der Waals surface area contributed by atoms with E-state index in [4.69, 9.17) is 9.15 Å². The van der Waals surface area contributed by atoms with Crippen LogP contribution in [0.25, 0.3) is 21.5 Å². The van der Waals surface area contributed by atoms with Gasteiger partial charge in [0.05, 0.1) is 34.5 Å². The highest BCUT2D eigenvalue weighted by atomic mass is 32.1. The number of esters is 1. The number of hydrogen-bond acceptors (Lipinski definition) is 6. The number of benzene rings is 1. The molecule has 0 fully saturated rings. The maximum absolute atomic E-state index is 12.8. The van der Waals surface area contributed by atoms with E-state index in [1.807, 2.05) is 41.8 Å². The molecule has 0 N–H and O–H groups in total. The van der Waals surface area contributed by atoms with Gasteiger partial charge in [0.15, 0.2) is 6.61 Å². The molecular formula is C22H18N2O4S. The molecular weight excluding hydrogens is 388 g/mol. The van der Waals surface area contributed by atoms with Crippen molar-refractivity contribution < 1.29 is 18.7 Å². The van der Waals surface area contributed by atoms with Gasteiger partial charge in [-0.2, -0.15) is 0 Å². The lowest BCUT2D eigenvalue weighted by atomic mass is 10.1. The molecule has 1 aromatic carbocycles. The number of pyridine rings is 1. The Morgan fingerprint density at radius 3 is 2.76 bits per heavy atom. The molecule has 0 aliphatic heterocycles. The fourth-order valence-electron chi connectivity index (χ4n) is 2.93. The van der Waals surface area contributed by atoms with Crippen LogP contribution in [0.4, 0.5) is 0 Å². The van der Waals surface area contributed by atoms with Crippen molar-refractivity contribution in [1.29, 1.82) is 0 Å². The van der Waals surface area contributed by atoms with Crippen molar-refractivity contribution in [2.24, 2.45) is 0 Å². The summed E-state index contributed by atoms with van der Waals surface area (Å²) >= 11 is 1.54. The summed E-state index contributed by atoms with van der Waals surface area (Å²) in [5.74, 6) is -0.208. The van der Waals surface area contributed by atoms with Gasteiger partial charge in [0.2, 0.25) is 0 Å². The average molecular weight is 406 g/mol. The van der Waals surface area contributed by atoms with Crippen LogP contribution in [0.3, 0.4) is 0 Å². The third kappa shape index (κ3) is 4.20. The van der Waals surface area contributed by atoms with Crippen LogP contribution in [0.15, 0.2) is 70.7 Å². The van der Waals surface area contributed by atoms with E-state index in [2.05, 4.69) is 4.98 Å². The van der Waals surface area contributed by atoms with Crippen LogP contribution >= 0.6 is 11.3 Å². The smallest absolute Gasteiger partial charge is 0.339 e. The maximum Gasteiger partial charge on any atom is 0.339 e. The van der Waals surface area contributed by atoms with Gasteiger partial charge in [0.1, 0.15) is 5.76 Å². The highest BCUT2D eigenvalue weighted by molar-refractivity contribution is 7.13. The lowest BCUT2D eigenvalue weighted by molar-refractivity contribution is -0.133. The first-order valence-electron chi connectivity index (χ1n) is 8.99. The van der Waals surface area contributed by atoms with Gasteiger partial charge < -0.3 is 14.1 Å². The second kappa shape index (κ2) is 8.28. The number of ether oxygens (including phenoxy) is 1. The van der Waals surface area contributed by atoms with Crippen molar-refractivity contribution in [1.82, 2.24) is 9.88 Å². The Labute approximate surface area is 171 Å². The molecule has 4 rings (SSSR count). The summed E-state index contributed by atoms with van der Waals surface area (Å²) in [5, 5.41) is 2.65. The number of likely N-dealkylation sites (N-methyl/N-ethyl adjacent to an activating group) is 1. The highest BCUT2D eigenvalue weighted by Gasteiger charge is 2.18. The zero-order valence-corrected chi connectivity index (χ0v) is 16.5. The topological polar surface area (TPSA) is 72.6 Å². The number of para-hydroxylation sites is 1. The Hall–Kier alpha value is -3.45. The van der Waals surface area contributed by atoms with Gasteiger partial charge in [-0.15, -0.1) is 11.3 Å². The van der Waals surface area contributed by atoms with Crippen LogP contribution in [-0.4, -0.2) is 35.4 Å². The number of rotatable bonds is 6. The Kier molecular flexibility index (Phi) is 5.39. The first-order valence-corrected chi connectivity index (χ1v) is 9.87. The molecule has 0 aliphatic rings. The molecule has 1 amide bonds. The van der Waals surface area contributed by atoms with E-state index in [1.165, 1.54) is 4.90 Å². The number of aromatic nitrogens is 1. The van der Waals surface area contributed by atoms with Crippen LogP contribution in [-0.2, 0) is 16.1 Å². The monoisotopic (exact) mass is 406 g/mol. The number of carbonyl (C=O) groups excluding carboxylic acids is 2. The average Bonchev–Trinajstić information content (AvgIpc) is 3.45. The predicted octanol–water partition coefficient (Wildman–Crippen LogP) is 4.37. The van der Waals surface area contributed by atoms with Crippen molar-refractivity contribution in [2.45, 2.75) is 6.54 Å². The molecule has 0 bridgehead atoms. The minimum absolute atomic E-state index is 0.310. The lowest BCUT2D eigenvalue weighted by Gasteiger charge is -2.16. The first-order chi connectivity index (χ1) is 14.1. The summed E-state index contributed by atoms with van der Waals surface area (Å²) in [6.45, 7) is -0.0366. The summed E-state index contributed by atoms with van der Waals surface area (Å²) in [6.07, 6.45) is 1.55. The number of carbonyl (C=O) groups is 2. The number of furan rings is 1. The zero-order chi connectivity index (χ0) is 20.2. The molecule has 146 valence electrons. The van der Waals surface area contributed by atoms with Crippen LogP contribution in [0.1, 0.15) is 16.1 Å². The van der Waals surface area contributed by atoms with Crippen molar-refractivity contribution >= 4 is 34.1 Å². The third-order valence-electron chi connectivity index (χ3n) is 4.44. The molecule has 0 saturated carbocycles. The third-order valence-corrected chi connectivity index (χ3v) is 5.33. The van der Waals surface area contributed by atoms with Gasteiger partial charge in [0, 0.05) is 12.4 Å². The van der Waals surface area contributed by atoms with Crippen molar-refractivity contribution in [3.8, 4) is 10.6 Å². The summed E-state index contributed by atoms with van der Waals surface area (Å²) in [4.78, 5) is 32.2. The largest absolute Gasteiger partial charge is 0.467 e. The van der Waals surface area contributed by atoms with Gasteiger partial charge in [-0.05, 0) is 35.7 Å². The van der Waals surface area contributed by atoms with E-state index in [1.54, 1.807) is 42.8 Å². The molecule has 7 heteroatoms. The van der Waals surface area contributed by atoms with Gasteiger partial charge in [-0.1, -0.05) is 24.3 Å². The fraction of sp³-hybridized carbons (Fsp3) is 0.136. The lowest BCUT2D eigenvalue weighted by Crippen LogP contribution is -2.30. The summed E-state index contributed by atoms with van der Waals surface area (Å²) in [5.41, 5.74) is 1.79. The molecule has 0 spiro atoms. The second-order valence-corrected chi connectivity index (χ2v) is 7.40. The molecule has 6 nitrogen and oxygen atoms in total. The summed E-state index contributed by atoms with van der Waals surface area (Å²) in [7, 11) is 1.63. The molecule has 4 aromatic rings. The van der Waals surface area contributed by atoms with Gasteiger partial charge >= 0.3 is 5.97 Å². The van der Waals surface area contributed by atoms with E-state index in [-0.39, 0.29) is 12.5 Å². The molecule has 0 atom stereocenters. The Balaban J connectivity index is 1.52. The first kappa shape index (κ1) is 18.9. The molecule has 3 heterocycles. The van der Waals surface area contributed by atoms with E-state index in [9.17, 15) is 9.59 Å². The summed E-state index contributed by atoms with van der Waals surface area (Å²) < 4.78 is 10.6. The molecule has 0 aliphatic carbocycles. The van der Waals surface area contributed by atoms with E-state index in [0.29, 0.717) is 34.5 Å². The molecule has 29 heavy (non-hydrogen) atoms. The Morgan fingerprint density at radius 2 is 2.00 bits per heavy atom. The molecule has 3 aromatic heterocycles. The SMILES string of the molecule is CN(Cc1ccco1)C(=O)COC(=O)c1cc(-c2cccs2)nc2ccccc12. The van der Waals surface area contributed by atoms with Crippen LogP contribution in [0, 0.1) is 0 Å². The number of thiophene rings is 1. The van der Waals surface area contributed by atoms with Gasteiger partial charge in [-0.25, -0.2) is 9.78 Å². The number of fused-ring (bicyclic) bond motifs is 1. The molecule has 0 saturated heterocycles. The summed E-state index contributed by atoms with van der Waals surface area (Å²) in [6, 6.07) is 16.5. The van der Waals surface area contributed by atoms with Crippen LogP contribution in [0.5, 0.6) is 0 Å². The van der Waals surface area contributed by atoms with Gasteiger partial charge in [0.25, 0.3) is 5.91 Å². The number of hydrogen-bond donors (Lipinski definition) is 0. The molecule has 0 radical (unpaired) electrons. The number of amides is 1. The highest BCUT2D eigenvalue weighted by Crippen LogP contribution is 2.28. The van der Waals surface area contributed by atoms with Crippen molar-refractivity contribution in [3.63, 3.8) is 0 Å². The van der Waals surface area contributed by atoms with Crippen LogP contribution in [0.2, 0.25) is 0 Å². The number of nitrogens with zero attached hydrogens (tertiary/aromatic N) is 2. The Morgan fingerprint density at radius 1 is 1.14 bits per heavy atom. The predicted molar refractivity (Wildman–Crippen MR) is 111 cm³/mol. The standard InChI is InChI=1S/C22H18N2O4S/c1-24(13-15-6-4-10-27-15)21(25)14-28-22(26)17-12-19(20-9-5-11-29-20)23-18-8-3-2-7-16(17)18/h2-12H,13-14H2,1H3. The minimum Gasteiger partial charge on any atom is -0.467 e. The normalized spacial score (nSPS) is 10.8. The van der Waals surface area contributed by atoms with Crippen molar-refractivity contribution in [2.75, 3.05) is 13.7 Å². The van der Waals surface area contributed by atoms with Crippen LogP contribution < -0.4 is 0 Å². The van der Waals surface area contributed by atoms with E-state index in [0.717, 1.165) is 4.88 Å². The van der Waals surface area contributed by atoms with E-state index < -0.39 is 5.97 Å².